The van der Waals surface area contributed by atoms with E-state index in [0.717, 1.165) is 44.0 Å². The lowest BCUT2D eigenvalue weighted by molar-refractivity contribution is 0.0524. The highest BCUT2D eigenvalue weighted by Gasteiger charge is 2.34. The molecule has 3 atom stereocenters. The number of ether oxygens (including phenoxy) is 3. The highest BCUT2D eigenvalue weighted by molar-refractivity contribution is 6.32. The van der Waals surface area contributed by atoms with Crippen molar-refractivity contribution in [3.8, 4) is 11.5 Å². The molecule has 0 radical (unpaired) electrons. The van der Waals surface area contributed by atoms with Gasteiger partial charge in [0.05, 0.1) is 31.5 Å². The van der Waals surface area contributed by atoms with E-state index in [9.17, 15) is 0 Å². The van der Waals surface area contributed by atoms with E-state index in [4.69, 9.17) is 25.8 Å². The van der Waals surface area contributed by atoms with Crippen molar-refractivity contribution < 1.29 is 14.2 Å². The van der Waals surface area contributed by atoms with Crippen LogP contribution in [-0.2, 0) is 11.3 Å². The predicted octanol–water partition coefficient (Wildman–Crippen LogP) is 3.17. The van der Waals surface area contributed by atoms with Crippen LogP contribution >= 0.6 is 24.0 Å². The largest absolute Gasteiger partial charge is 0.489 e. The minimum atomic E-state index is 0. The second-order valence-electron chi connectivity index (χ2n) is 7.17. The van der Waals surface area contributed by atoms with Crippen LogP contribution in [0.25, 0.3) is 0 Å². The minimum absolute atomic E-state index is 0. The van der Waals surface area contributed by atoms with Gasteiger partial charge in [-0.15, -0.1) is 12.4 Å². The first kappa shape index (κ1) is 20.0. The zero-order chi connectivity index (χ0) is 17.1. The van der Waals surface area contributed by atoms with Gasteiger partial charge in [-0.25, -0.2) is 0 Å². The van der Waals surface area contributed by atoms with Crippen LogP contribution in [0.4, 0.5) is 0 Å². The molecule has 4 rings (SSSR count). The molecule has 2 fully saturated rings. The van der Waals surface area contributed by atoms with E-state index < -0.39 is 0 Å². The standard InChI is InChI=1S/C19H27ClN2O3.ClH/c20-15-9-13(10-18-19(15)25-7-2-6-24-18)11-22-16-4-1-3-14(16)17-12-23-8-5-21-17;/h9-10,14,16-17,21-22H,1-8,11-12H2;1H. The molecule has 1 aromatic rings. The van der Waals surface area contributed by atoms with E-state index >= 15 is 0 Å². The van der Waals surface area contributed by atoms with Gasteiger partial charge in [0.2, 0.25) is 0 Å². The molecule has 26 heavy (non-hydrogen) atoms. The molecular formula is C19H28Cl2N2O3. The monoisotopic (exact) mass is 402 g/mol. The average Bonchev–Trinajstić information content (AvgIpc) is 2.98. The summed E-state index contributed by atoms with van der Waals surface area (Å²) in [5.74, 6) is 2.09. The Morgan fingerprint density at radius 3 is 2.85 bits per heavy atom. The molecule has 5 nitrogen and oxygen atoms in total. The molecule has 2 N–H and O–H groups in total. The third kappa shape index (κ3) is 4.57. The number of hydrogen-bond donors (Lipinski definition) is 2. The molecule has 0 spiro atoms. The van der Waals surface area contributed by atoms with Crippen molar-refractivity contribution in [3.63, 3.8) is 0 Å². The maximum absolute atomic E-state index is 6.41. The van der Waals surface area contributed by atoms with Crippen LogP contribution in [0.3, 0.4) is 0 Å². The van der Waals surface area contributed by atoms with Crippen molar-refractivity contribution >= 4 is 24.0 Å². The summed E-state index contributed by atoms with van der Waals surface area (Å²) in [5, 5.41) is 8.01. The van der Waals surface area contributed by atoms with Crippen LogP contribution in [0.2, 0.25) is 5.02 Å². The van der Waals surface area contributed by atoms with Gasteiger partial charge in [-0.2, -0.15) is 0 Å². The second-order valence-corrected chi connectivity index (χ2v) is 7.58. The molecule has 0 amide bonds. The maximum Gasteiger partial charge on any atom is 0.179 e. The lowest BCUT2D eigenvalue weighted by Crippen LogP contribution is -2.50. The van der Waals surface area contributed by atoms with E-state index in [1.54, 1.807) is 0 Å². The van der Waals surface area contributed by atoms with Crippen molar-refractivity contribution in [3.05, 3.63) is 22.7 Å². The van der Waals surface area contributed by atoms with E-state index in [1.807, 2.05) is 6.07 Å². The zero-order valence-corrected chi connectivity index (χ0v) is 16.5. The lowest BCUT2D eigenvalue weighted by Gasteiger charge is -2.33. The number of morpholine rings is 1. The van der Waals surface area contributed by atoms with Gasteiger partial charge in [0.1, 0.15) is 0 Å². The molecule has 2 aliphatic heterocycles. The fraction of sp³-hybridized carbons (Fsp3) is 0.684. The Morgan fingerprint density at radius 1 is 1.12 bits per heavy atom. The van der Waals surface area contributed by atoms with Gasteiger partial charge >= 0.3 is 0 Å². The molecule has 3 aliphatic rings. The van der Waals surface area contributed by atoms with E-state index in [0.29, 0.717) is 42.0 Å². The summed E-state index contributed by atoms with van der Waals surface area (Å²) in [4.78, 5) is 0. The van der Waals surface area contributed by atoms with Gasteiger partial charge in [0, 0.05) is 31.6 Å². The van der Waals surface area contributed by atoms with Crippen LogP contribution in [0.5, 0.6) is 11.5 Å². The Morgan fingerprint density at radius 2 is 2.00 bits per heavy atom. The summed E-state index contributed by atoms with van der Waals surface area (Å²) in [7, 11) is 0. The SMILES string of the molecule is Cl.Clc1cc(CNC2CCCC2C2COCCN2)cc2c1OCCCO2. The number of rotatable bonds is 4. The van der Waals surface area contributed by atoms with Gasteiger partial charge in [-0.05, 0) is 36.5 Å². The first-order chi connectivity index (χ1) is 12.3. The lowest BCUT2D eigenvalue weighted by atomic mass is 9.94. The predicted molar refractivity (Wildman–Crippen MR) is 105 cm³/mol. The van der Waals surface area contributed by atoms with Gasteiger partial charge < -0.3 is 24.8 Å². The van der Waals surface area contributed by atoms with Crippen LogP contribution in [0, 0.1) is 5.92 Å². The Bertz CT molecular complexity index is 596. The maximum atomic E-state index is 6.41. The molecule has 1 aliphatic carbocycles. The fourth-order valence-electron chi connectivity index (χ4n) is 4.22. The average molecular weight is 403 g/mol. The summed E-state index contributed by atoms with van der Waals surface area (Å²) in [6.07, 6.45) is 4.66. The summed E-state index contributed by atoms with van der Waals surface area (Å²) in [6, 6.07) is 5.05. The van der Waals surface area contributed by atoms with Crippen molar-refractivity contribution in [2.45, 2.75) is 44.3 Å². The molecule has 1 saturated carbocycles. The number of hydrogen-bond acceptors (Lipinski definition) is 5. The molecule has 1 aromatic carbocycles. The van der Waals surface area contributed by atoms with Crippen LogP contribution in [-0.4, -0.2) is 45.1 Å². The van der Waals surface area contributed by atoms with E-state index in [-0.39, 0.29) is 12.4 Å². The first-order valence-electron chi connectivity index (χ1n) is 9.44. The number of halogens is 2. The highest BCUT2D eigenvalue weighted by Crippen LogP contribution is 2.38. The Labute approximate surface area is 166 Å². The third-order valence-corrected chi connectivity index (χ3v) is 5.75. The molecule has 146 valence electrons. The summed E-state index contributed by atoms with van der Waals surface area (Å²) >= 11 is 6.41. The first-order valence-corrected chi connectivity index (χ1v) is 9.81. The highest BCUT2D eigenvalue weighted by atomic mass is 35.5. The zero-order valence-electron chi connectivity index (χ0n) is 15.0. The van der Waals surface area contributed by atoms with Gasteiger partial charge in [-0.3, -0.25) is 0 Å². The van der Waals surface area contributed by atoms with Crippen molar-refractivity contribution in [1.82, 2.24) is 10.6 Å². The number of nitrogens with one attached hydrogen (secondary N) is 2. The fourth-order valence-corrected chi connectivity index (χ4v) is 4.51. The van der Waals surface area contributed by atoms with Crippen LogP contribution < -0.4 is 20.1 Å². The topological polar surface area (TPSA) is 51.8 Å². The quantitative estimate of drug-likeness (QED) is 0.809. The molecular weight excluding hydrogens is 375 g/mol. The molecule has 2 heterocycles. The third-order valence-electron chi connectivity index (χ3n) is 5.47. The second kappa shape index (κ2) is 9.47. The molecule has 0 aromatic heterocycles. The van der Waals surface area contributed by atoms with Crippen molar-refractivity contribution in [1.29, 1.82) is 0 Å². The number of benzene rings is 1. The Hall–Kier alpha value is -0.720. The van der Waals surface area contributed by atoms with Crippen LogP contribution in [0.1, 0.15) is 31.2 Å². The van der Waals surface area contributed by atoms with Gasteiger partial charge in [-0.1, -0.05) is 18.0 Å². The van der Waals surface area contributed by atoms with E-state index in [1.165, 1.54) is 19.3 Å². The summed E-state index contributed by atoms with van der Waals surface area (Å²) in [6.45, 7) is 4.76. The minimum Gasteiger partial charge on any atom is -0.489 e. The van der Waals surface area contributed by atoms with Crippen LogP contribution in [0.15, 0.2) is 12.1 Å². The molecule has 1 saturated heterocycles. The summed E-state index contributed by atoms with van der Waals surface area (Å²) in [5.41, 5.74) is 1.15. The smallest absolute Gasteiger partial charge is 0.179 e. The Kier molecular flexibility index (Phi) is 7.29. The molecule has 0 bridgehead atoms. The molecule has 3 unspecified atom stereocenters. The Balaban J connectivity index is 0.00000196. The number of fused-ring (bicyclic) bond motifs is 1. The summed E-state index contributed by atoms with van der Waals surface area (Å²) < 4.78 is 17.2. The van der Waals surface area contributed by atoms with Gasteiger partial charge in [0.15, 0.2) is 11.5 Å². The normalized spacial score (nSPS) is 28.3. The van der Waals surface area contributed by atoms with Crippen molar-refractivity contribution in [2.24, 2.45) is 5.92 Å². The van der Waals surface area contributed by atoms with E-state index in [2.05, 4.69) is 16.7 Å². The van der Waals surface area contributed by atoms with Crippen molar-refractivity contribution in [2.75, 3.05) is 33.0 Å². The van der Waals surface area contributed by atoms with Gasteiger partial charge in [0.25, 0.3) is 0 Å². The molecule has 7 heteroatoms.